The van der Waals surface area contributed by atoms with Crippen LogP contribution in [0.4, 0.5) is 11.5 Å². The third-order valence-corrected chi connectivity index (χ3v) is 4.95. The van der Waals surface area contributed by atoms with Crippen LogP contribution in [0.3, 0.4) is 0 Å². The maximum atomic E-state index is 13.6. The molecule has 0 fully saturated rings. The molecule has 1 heterocycles. The number of carbonyl (C=O) groups is 1. The normalized spacial score (nSPS) is 10.6. The van der Waals surface area contributed by atoms with Gasteiger partial charge < -0.3 is 10.2 Å². The van der Waals surface area contributed by atoms with Crippen LogP contribution in [0, 0.1) is 0 Å². The minimum absolute atomic E-state index is 0.133. The van der Waals surface area contributed by atoms with Gasteiger partial charge in [-0.05, 0) is 36.4 Å². The van der Waals surface area contributed by atoms with E-state index in [1.165, 1.54) is 4.57 Å². The van der Waals surface area contributed by atoms with E-state index in [1.807, 2.05) is 12.1 Å². The van der Waals surface area contributed by atoms with Crippen molar-refractivity contribution in [2.75, 3.05) is 24.3 Å². The van der Waals surface area contributed by atoms with Crippen LogP contribution < -0.4 is 21.5 Å². The van der Waals surface area contributed by atoms with Gasteiger partial charge in [-0.1, -0.05) is 54.6 Å². The number of hydrogen-bond acceptors (Lipinski definition) is 4. The summed E-state index contributed by atoms with van der Waals surface area (Å²) in [6.45, 7) is 0. The molecule has 0 unspecified atom stereocenters. The molecule has 0 radical (unpaired) electrons. The summed E-state index contributed by atoms with van der Waals surface area (Å²) in [6, 6.07) is 26.4. The van der Waals surface area contributed by atoms with Crippen molar-refractivity contribution in [3.05, 3.63) is 117 Å². The molecular formula is C25H22N4O3. The van der Waals surface area contributed by atoms with E-state index in [4.69, 9.17) is 0 Å². The molecule has 0 spiro atoms. The Bertz CT molecular complexity index is 1360. The van der Waals surface area contributed by atoms with Crippen LogP contribution in [-0.4, -0.2) is 29.1 Å². The highest BCUT2D eigenvalue weighted by Crippen LogP contribution is 2.21. The fourth-order valence-electron chi connectivity index (χ4n) is 3.55. The maximum Gasteiger partial charge on any atom is 0.341 e. The van der Waals surface area contributed by atoms with Gasteiger partial charge in [-0.25, -0.2) is 13.9 Å². The highest BCUT2D eigenvalue weighted by atomic mass is 16.2. The van der Waals surface area contributed by atoms with E-state index >= 15 is 0 Å². The number of amides is 1. The molecule has 1 N–H and O–H groups in total. The van der Waals surface area contributed by atoms with E-state index in [0.29, 0.717) is 17.1 Å². The number of carbonyl (C=O) groups excluding carboxylic acids is 1. The molecule has 3 aromatic carbocycles. The van der Waals surface area contributed by atoms with Gasteiger partial charge in [0.25, 0.3) is 11.5 Å². The average molecular weight is 426 g/mol. The molecule has 32 heavy (non-hydrogen) atoms. The standard InChI is InChI=1S/C25H22N4O3/c1-27(2)23-21(22(30)26-18-12-6-3-7-13-18)24(31)29(20-16-10-5-11-17-20)25(32)28(23)19-14-8-4-9-15-19/h3-17H,1-2H3,(H,26,30). The molecular weight excluding hydrogens is 404 g/mol. The van der Waals surface area contributed by atoms with Crippen molar-refractivity contribution in [3.8, 4) is 11.4 Å². The smallest absolute Gasteiger partial charge is 0.341 e. The Morgan fingerprint density at radius 3 is 1.69 bits per heavy atom. The fraction of sp³-hybridized carbons (Fsp3) is 0.0800. The maximum absolute atomic E-state index is 13.6. The second-order valence-electron chi connectivity index (χ2n) is 7.34. The van der Waals surface area contributed by atoms with Gasteiger partial charge in [0.15, 0.2) is 0 Å². The first-order valence-corrected chi connectivity index (χ1v) is 10.1. The van der Waals surface area contributed by atoms with Crippen molar-refractivity contribution < 1.29 is 4.79 Å². The largest absolute Gasteiger partial charge is 0.363 e. The molecule has 7 nitrogen and oxygen atoms in total. The lowest BCUT2D eigenvalue weighted by atomic mass is 10.2. The molecule has 7 heteroatoms. The van der Waals surface area contributed by atoms with Crippen LogP contribution >= 0.6 is 0 Å². The number of nitrogens with zero attached hydrogens (tertiary/aromatic N) is 3. The third kappa shape index (κ3) is 3.83. The average Bonchev–Trinajstić information content (AvgIpc) is 2.80. The Hall–Kier alpha value is -4.39. The first-order chi connectivity index (χ1) is 15.5. The van der Waals surface area contributed by atoms with Gasteiger partial charge in [-0.2, -0.15) is 0 Å². The molecule has 0 atom stereocenters. The van der Waals surface area contributed by atoms with Crippen molar-refractivity contribution in [3.63, 3.8) is 0 Å². The summed E-state index contributed by atoms with van der Waals surface area (Å²) in [6.07, 6.45) is 0. The van der Waals surface area contributed by atoms with Crippen LogP contribution in [0.2, 0.25) is 0 Å². The zero-order chi connectivity index (χ0) is 22.7. The van der Waals surface area contributed by atoms with E-state index in [0.717, 1.165) is 4.57 Å². The summed E-state index contributed by atoms with van der Waals surface area (Å²) >= 11 is 0. The zero-order valence-corrected chi connectivity index (χ0v) is 17.7. The molecule has 0 saturated heterocycles. The van der Waals surface area contributed by atoms with Gasteiger partial charge in [0.2, 0.25) is 0 Å². The lowest BCUT2D eigenvalue weighted by Gasteiger charge is -2.24. The Labute approximate surface area is 184 Å². The highest BCUT2D eigenvalue weighted by molar-refractivity contribution is 6.07. The minimum Gasteiger partial charge on any atom is -0.363 e. The number of rotatable bonds is 5. The van der Waals surface area contributed by atoms with Crippen molar-refractivity contribution in [1.82, 2.24) is 9.13 Å². The predicted octanol–water partition coefficient (Wildman–Crippen LogP) is 3.31. The van der Waals surface area contributed by atoms with Crippen LogP contribution in [0.25, 0.3) is 11.4 Å². The molecule has 160 valence electrons. The van der Waals surface area contributed by atoms with Gasteiger partial charge in [0.1, 0.15) is 11.4 Å². The number of aromatic nitrogens is 2. The van der Waals surface area contributed by atoms with Crippen molar-refractivity contribution in [2.45, 2.75) is 0 Å². The Balaban J connectivity index is 2.07. The lowest BCUT2D eigenvalue weighted by molar-refractivity contribution is 0.102. The zero-order valence-electron chi connectivity index (χ0n) is 17.7. The molecule has 0 aliphatic rings. The van der Waals surface area contributed by atoms with Crippen molar-refractivity contribution in [2.24, 2.45) is 0 Å². The summed E-state index contributed by atoms with van der Waals surface area (Å²) in [5, 5.41) is 2.78. The van der Waals surface area contributed by atoms with Gasteiger partial charge in [-0.3, -0.25) is 9.59 Å². The molecule has 1 amide bonds. The number of nitrogens with one attached hydrogen (secondary N) is 1. The monoisotopic (exact) mass is 426 g/mol. The molecule has 0 saturated carbocycles. The number of anilines is 2. The molecule has 1 aromatic heterocycles. The Morgan fingerprint density at radius 1 is 0.719 bits per heavy atom. The predicted molar refractivity (Wildman–Crippen MR) is 126 cm³/mol. The lowest BCUT2D eigenvalue weighted by Crippen LogP contribution is -2.44. The van der Waals surface area contributed by atoms with Gasteiger partial charge >= 0.3 is 5.69 Å². The summed E-state index contributed by atoms with van der Waals surface area (Å²) < 4.78 is 2.41. The van der Waals surface area contributed by atoms with Crippen LogP contribution in [-0.2, 0) is 0 Å². The second-order valence-corrected chi connectivity index (χ2v) is 7.34. The summed E-state index contributed by atoms with van der Waals surface area (Å²) in [7, 11) is 3.39. The summed E-state index contributed by atoms with van der Waals surface area (Å²) in [5.41, 5.74) is 0.0836. The quantitative estimate of drug-likeness (QED) is 0.531. The molecule has 0 aliphatic heterocycles. The third-order valence-electron chi connectivity index (χ3n) is 4.95. The number of hydrogen-bond donors (Lipinski definition) is 1. The van der Waals surface area contributed by atoms with E-state index in [9.17, 15) is 14.4 Å². The first-order valence-electron chi connectivity index (χ1n) is 10.1. The molecule has 0 bridgehead atoms. The summed E-state index contributed by atoms with van der Waals surface area (Å²) in [4.78, 5) is 42.2. The summed E-state index contributed by atoms with van der Waals surface area (Å²) in [5.74, 6) is -0.397. The number of benzene rings is 3. The fourth-order valence-corrected chi connectivity index (χ4v) is 3.55. The van der Waals surface area contributed by atoms with E-state index < -0.39 is 17.2 Å². The van der Waals surface area contributed by atoms with Crippen LogP contribution in [0.1, 0.15) is 10.4 Å². The SMILES string of the molecule is CN(C)c1c(C(=O)Nc2ccccc2)c(=O)n(-c2ccccc2)c(=O)n1-c1ccccc1. The van der Waals surface area contributed by atoms with E-state index in [1.54, 1.807) is 97.9 Å². The highest BCUT2D eigenvalue weighted by Gasteiger charge is 2.27. The first kappa shape index (κ1) is 20.9. The molecule has 4 rings (SSSR count). The van der Waals surface area contributed by atoms with Crippen molar-refractivity contribution in [1.29, 1.82) is 0 Å². The Kier molecular flexibility index (Phi) is 5.72. The Morgan fingerprint density at radius 2 is 1.19 bits per heavy atom. The topological polar surface area (TPSA) is 76.3 Å². The second kappa shape index (κ2) is 8.77. The minimum atomic E-state index is -0.689. The van der Waals surface area contributed by atoms with E-state index in [-0.39, 0.29) is 11.4 Å². The molecule has 0 aliphatic carbocycles. The van der Waals surface area contributed by atoms with Gasteiger partial charge in [0.05, 0.1) is 11.4 Å². The van der Waals surface area contributed by atoms with Crippen LogP contribution in [0.15, 0.2) is 101 Å². The van der Waals surface area contributed by atoms with Crippen LogP contribution in [0.5, 0.6) is 0 Å². The molecule has 4 aromatic rings. The van der Waals surface area contributed by atoms with Crippen molar-refractivity contribution >= 4 is 17.4 Å². The number of para-hydroxylation sites is 3. The van der Waals surface area contributed by atoms with E-state index in [2.05, 4.69) is 5.32 Å². The van der Waals surface area contributed by atoms with Gasteiger partial charge in [0, 0.05) is 19.8 Å². The van der Waals surface area contributed by atoms with Gasteiger partial charge in [-0.15, -0.1) is 0 Å².